The molecule has 108 valence electrons. The van der Waals surface area contributed by atoms with Crippen LogP contribution in [0.15, 0.2) is 36.4 Å². The predicted octanol–water partition coefficient (Wildman–Crippen LogP) is 3.83. The van der Waals surface area contributed by atoms with E-state index in [0.717, 1.165) is 24.0 Å². The van der Waals surface area contributed by atoms with Gasteiger partial charge in [0.25, 0.3) is 0 Å². The van der Waals surface area contributed by atoms with Gasteiger partial charge in [0.05, 0.1) is 0 Å². The van der Waals surface area contributed by atoms with Crippen LogP contribution in [-0.4, -0.2) is 11.6 Å². The minimum atomic E-state index is 0.265. The van der Waals surface area contributed by atoms with Gasteiger partial charge in [-0.3, -0.25) is 9.59 Å². The van der Waals surface area contributed by atoms with E-state index in [-0.39, 0.29) is 23.4 Å². The van der Waals surface area contributed by atoms with Crippen molar-refractivity contribution in [2.45, 2.75) is 37.5 Å². The second-order valence-corrected chi connectivity index (χ2v) is 6.90. The van der Waals surface area contributed by atoms with Crippen molar-refractivity contribution >= 4 is 11.6 Å². The fourth-order valence-electron chi connectivity index (χ4n) is 4.48. The molecule has 8 rings (SSSR count). The van der Waals surface area contributed by atoms with Crippen LogP contribution in [0.5, 0.6) is 0 Å². The molecule has 22 heavy (non-hydrogen) atoms. The lowest BCUT2D eigenvalue weighted by Gasteiger charge is -2.16. The molecule has 6 aliphatic carbocycles. The third-order valence-corrected chi connectivity index (χ3v) is 5.54. The van der Waals surface area contributed by atoms with E-state index in [4.69, 9.17) is 0 Å². The van der Waals surface area contributed by atoms with Gasteiger partial charge < -0.3 is 0 Å². The Morgan fingerprint density at radius 3 is 1.55 bits per heavy atom. The van der Waals surface area contributed by atoms with E-state index in [9.17, 15) is 9.59 Å². The summed E-state index contributed by atoms with van der Waals surface area (Å²) >= 11 is 0. The Bertz CT molecular complexity index is 775. The molecule has 0 spiro atoms. The summed E-state index contributed by atoms with van der Waals surface area (Å²) in [6, 6.07) is 12.8. The van der Waals surface area contributed by atoms with Gasteiger partial charge in [0, 0.05) is 24.0 Å². The van der Waals surface area contributed by atoms with E-state index in [1.54, 1.807) is 0 Å². The van der Waals surface area contributed by atoms with Crippen LogP contribution in [0.3, 0.4) is 0 Å². The number of rotatable bonds is 0. The van der Waals surface area contributed by atoms with E-state index in [2.05, 4.69) is 36.4 Å². The summed E-state index contributed by atoms with van der Waals surface area (Å²) in [5.41, 5.74) is 6.60. The van der Waals surface area contributed by atoms with Gasteiger partial charge in [-0.1, -0.05) is 24.3 Å². The predicted molar refractivity (Wildman–Crippen MR) is 83.7 cm³/mol. The van der Waals surface area contributed by atoms with Crippen molar-refractivity contribution in [2.24, 2.45) is 0 Å². The van der Waals surface area contributed by atoms with Crippen molar-refractivity contribution in [2.75, 3.05) is 0 Å². The zero-order valence-corrected chi connectivity index (χ0v) is 12.3. The molecule has 0 amide bonds. The molecule has 2 aromatic rings. The van der Waals surface area contributed by atoms with Crippen LogP contribution in [0.2, 0.25) is 0 Å². The number of hydrogen-bond acceptors (Lipinski definition) is 2. The first kappa shape index (κ1) is 12.3. The normalized spacial score (nSPS) is 24.7. The van der Waals surface area contributed by atoms with E-state index in [1.807, 2.05) is 0 Å². The Hall–Kier alpha value is -2.22. The molecule has 0 fully saturated rings. The topological polar surface area (TPSA) is 34.1 Å². The van der Waals surface area contributed by atoms with Crippen LogP contribution in [0, 0.1) is 0 Å². The van der Waals surface area contributed by atoms with Crippen molar-refractivity contribution in [3.63, 3.8) is 0 Å². The summed E-state index contributed by atoms with van der Waals surface area (Å²) in [5.74, 6) is 1.09. The molecule has 0 N–H and O–H groups in total. The molecule has 0 saturated heterocycles. The van der Waals surface area contributed by atoms with Gasteiger partial charge in [-0.2, -0.15) is 0 Å². The lowest BCUT2D eigenvalue weighted by atomic mass is 9.87. The maximum Gasteiger partial charge on any atom is 0.163 e. The van der Waals surface area contributed by atoms with Gasteiger partial charge in [0.15, 0.2) is 11.6 Å². The SMILES string of the molecule is O=C1C[C@@H]2Cc3ccc4c(c3)C(=O)C[C@H]4Cc3ccc2c1c3. The quantitative estimate of drug-likeness (QED) is 0.738. The van der Waals surface area contributed by atoms with Crippen LogP contribution in [-0.2, 0) is 12.8 Å². The monoisotopic (exact) mass is 288 g/mol. The number of carbonyl (C=O) groups excluding carboxylic acids is 2. The summed E-state index contributed by atoms with van der Waals surface area (Å²) in [5, 5.41) is 0. The van der Waals surface area contributed by atoms with Crippen molar-refractivity contribution in [1.29, 1.82) is 0 Å². The Morgan fingerprint density at radius 1 is 0.636 bits per heavy atom. The maximum absolute atomic E-state index is 12.3. The first-order chi connectivity index (χ1) is 10.7. The second kappa shape index (κ2) is 4.16. The van der Waals surface area contributed by atoms with Crippen molar-refractivity contribution < 1.29 is 9.59 Å². The van der Waals surface area contributed by atoms with Gasteiger partial charge in [-0.05, 0) is 59.1 Å². The average Bonchev–Trinajstić information content (AvgIpc) is 2.97. The van der Waals surface area contributed by atoms with Gasteiger partial charge in [0.1, 0.15) is 0 Å². The highest BCUT2D eigenvalue weighted by Gasteiger charge is 2.34. The Morgan fingerprint density at radius 2 is 1.09 bits per heavy atom. The fourth-order valence-corrected chi connectivity index (χ4v) is 4.48. The van der Waals surface area contributed by atoms with Crippen LogP contribution >= 0.6 is 0 Å². The minimum absolute atomic E-state index is 0.265. The van der Waals surface area contributed by atoms with Crippen LogP contribution in [0.25, 0.3) is 0 Å². The highest BCUT2D eigenvalue weighted by Crippen LogP contribution is 2.41. The molecule has 0 aromatic heterocycles. The summed E-state index contributed by atoms with van der Waals surface area (Å²) in [4.78, 5) is 24.7. The highest BCUT2D eigenvalue weighted by molar-refractivity contribution is 6.02. The van der Waals surface area contributed by atoms with Crippen LogP contribution in [0.1, 0.15) is 67.6 Å². The molecular formula is C20H16O2. The van der Waals surface area contributed by atoms with Crippen molar-refractivity contribution in [3.05, 3.63) is 69.8 Å². The van der Waals surface area contributed by atoms with Crippen molar-refractivity contribution in [3.8, 4) is 0 Å². The Balaban J connectivity index is 1.74. The summed E-state index contributed by atoms with van der Waals surface area (Å²) in [6.07, 6.45) is 2.91. The first-order valence-corrected chi connectivity index (χ1v) is 8.01. The Labute approximate surface area is 129 Å². The molecular weight excluding hydrogens is 272 g/mol. The third-order valence-electron chi connectivity index (χ3n) is 5.54. The van der Waals surface area contributed by atoms with Gasteiger partial charge in [0.2, 0.25) is 0 Å². The second-order valence-electron chi connectivity index (χ2n) is 6.90. The molecule has 2 heteroatoms. The molecule has 0 heterocycles. The number of hydrogen-bond donors (Lipinski definition) is 0. The largest absolute Gasteiger partial charge is 0.294 e. The zero-order valence-electron chi connectivity index (χ0n) is 12.3. The zero-order chi connectivity index (χ0) is 14.8. The maximum atomic E-state index is 12.3. The summed E-state index contributed by atoms with van der Waals surface area (Å²) < 4.78 is 0. The number of ketones is 2. The summed E-state index contributed by atoms with van der Waals surface area (Å²) in [6.45, 7) is 0. The lowest BCUT2D eigenvalue weighted by molar-refractivity contribution is 0.0979. The molecule has 2 aromatic carbocycles. The molecule has 6 aliphatic rings. The molecule has 0 radical (unpaired) electrons. The lowest BCUT2D eigenvalue weighted by Crippen LogP contribution is -2.04. The van der Waals surface area contributed by atoms with Gasteiger partial charge >= 0.3 is 0 Å². The third kappa shape index (κ3) is 1.61. The summed E-state index contributed by atoms with van der Waals surface area (Å²) in [7, 11) is 0. The smallest absolute Gasteiger partial charge is 0.163 e. The van der Waals surface area contributed by atoms with Crippen LogP contribution < -0.4 is 0 Å². The Kier molecular flexibility index (Phi) is 2.33. The fraction of sp³-hybridized carbons (Fsp3) is 0.300. The molecule has 2 nitrogen and oxygen atoms in total. The number of carbonyl (C=O) groups is 2. The highest BCUT2D eigenvalue weighted by atomic mass is 16.1. The molecule has 8 bridgehead atoms. The average molecular weight is 288 g/mol. The molecule has 0 aliphatic heterocycles. The molecule has 0 unspecified atom stereocenters. The van der Waals surface area contributed by atoms with E-state index < -0.39 is 0 Å². The standard InChI is InChI=1S/C20H16O2/c21-19-10-14-6-12-2-4-16-13(9-20(22)18(16)8-12)5-11-1-3-15(14)17(19)7-11/h1-4,7-8,13-14H,5-6,9-10H2/t13-,14+. The number of benzene rings is 2. The van der Waals surface area contributed by atoms with E-state index >= 15 is 0 Å². The van der Waals surface area contributed by atoms with Gasteiger partial charge in [-0.25, -0.2) is 0 Å². The van der Waals surface area contributed by atoms with Gasteiger partial charge in [-0.15, -0.1) is 0 Å². The number of Topliss-reactive ketones (excluding diaryl/α,β-unsaturated/α-hetero) is 2. The van der Waals surface area contributed by atoms with E-state index in [1.165, 1.54) is 22.3 Å². The first-order valence-electron chi connectivity index (χ1n) is 8.01. The van der Waals surface area contributed by atoms with Crippen LogP contribution in [0.4, 0.5) is 0 Å². The van der Waals surface area contributed by atoms with Crippen molar-refractivity contribution in [1.82, 2.24) is 0 Å². The molecule has 0 saturated carbocycles. The van der Waals surface area contributed by atoms with E-state index in [0.29, 0.717) is 12.8 Å². The molecule has 2 atom stereocenters. The minimum Gasteiger partial charge on any atom is -0.294 e.